The third-order valence-corrected chi connectivity index (χ3v) is 17.7. The molecule has 17 heteroatoms. The molecule has 0 saturated heterocycles. The Kier molecular flexibility index (Phi) is 15.6. The van der Waals surface area contributed by atoms with Gasteiger partial charge in [-0.3, -0.25) is 58.7 Å². The molecule has 0 spiro atoms. The molecular formula is C39H29N6Ni2O6P3+2. The van der Waals surface area contributed by atoms with Crippen molar-refractivity contribution in [3.63, 3.8) is 0 Å². The second-order valence-corrected chi connectivity index (χ2v) is 21.4. The van der Waals surface area contributed by atoms with Crippen LogP contribution in [0.25, 0.3) is 34.2 Å². The van der Waals surface area contributed by atoms with E-state index in [4.69, 9.17) is 0 Å². The van der Waals surface area contributed by atoms with Gasteiger partial charge in [-0.25, -0.2) is 0 Å². The molecule has 0 saturated carbocycles. The SMILES string of the molecule is CPP(C)PC.O=C1C(=O)c2cccnc2-c2ncccc21.O=C1C(=O)c2cccnc2-c2ncccc21.O=C1C(=O)c2cccnc2-c2ncccc21.[Ni+2].[Ni]. The standard InChI is InChI=1S/3C12H6N2O2.C3H11P3.2Ni/c3*15-11-7-3-1-5-13-9(7)10-8(12(11)16)4-2-6-14-10;1-4-6(3)5-2;;/h3*1-6H;4-5H,1-3H3;;/q;;;;;+2. The number of fused-ring (bicyclic) bond motifs is 9. The molecule has 0 radical (unpaired) electrons. The Morgan fingerprint density at radius 3 is 0.661 bits per heavy atom. The third-order valence-electron chi connectivity index (χ3n) is 8.28. The van der Waals surface area contributed by atoms with Gasteiger partial charge in [0.25, 0.3) is 0 Å². The molecule has 12 nitrogen and oxygen atoms in total. The first-order valence-electron chi connectivity index (χ1n) is 16.2. The van der Waals surface area contributed by atoms with Gasteiger partial charge in [-0.15, -0.1) is 0 Å². The number of Topliss-reactive ketones (excluding diaryl/α,β-unsaturated/α-hetero) is 6. The van der Waals surface area contributed by atoms with Gasteiger partial charge >= 0.3 is 16.5 Å². The zero-order chi connectivity index (χ0) is 38.4. The molecule has 0 fully saturated rings. The largest absolute Gasteiger partial charge is 2.00 e. The fourth-order valence-corrected chi connectivity index (χ4v) is 8.42. The van der Waals surface area contributed by atoms with Crippen molar-refractivity contribution in [3.05, 3.63) is 143 Å². The third kappa shape index (κ3) is 8.92. The molecular weight excluding hydrogens is 859 g/mol. The van der Waals surface area contributed by atoms with E-state index in [9.17, 15) is 28.8 Å². The minimum Gasteiger partial charge on any atom is -0.285 e. The van der Waals surface area contributed by atoms with Crippen molar-refractivity contribution in [2.45, 2.75) is 0 Å². The predicted molar refractivity (Wildman–Crippen MR) is 210 cm³/mol. The van der Waals surface area contributed by atoms with Crippen LogP contribution < -0.4 is 0 Å². The van der Waals surface area contributed by atoms with Crippen molar-refractivity contribution < 1.29 is 61.8 Å². The maximum absolute atomic E-state index is 11.8. The zero-order valence-corrected chi connectivity index (χ0v) is 34.5. The van der Waals surface area contributed by atoms with E-state index in [2.05, 4.69) is 49.9 Å². The summed E-state index contributed by atoms with van der Waals surface area (Å²) in [7, 11) is 2.90. The normalized spacial score (nSPS) is 13.3. The Hall–Kier alpha value is -4.80. The first-order chi connectivity index (χ1) is 26.2. The molecule has 9 rings (SSSR count). The Morgan fingerprint density at radius 2 is 0.536 bits per heavy atom. The average Bonchev–Trinajstić information content (AvgIpc) is 3.24. The Balaban J connectivity index is 0.000000171. The summed E-state index contributed by atoms with van der Waals surface area (Å²) in [5.41, 5.74) is 4.92. The second kappa shape index (κ2) is 19.9. The monoisotopic (exact) mass is 886 g/mol. The molecule has 0 amide bonds. The van der Waals surface area contributed by atoms with Crippen molar-refractivity contribution in [1.29, 1.82) is 0 Å². The van der Waals surface area contributed by atoms with Gasteiger partial charge < -0.3 is 0 Å². The van der Waals surface area contributed by atoms with Gasteiger partial charge in [0, 0.05) is 53.7 Å². The van der Waals surface area contributed by atoms with E-state index < -0.39 is 34.7 Å². The molecule has 6 aromatic rings. The van der Waals surface area contributed by atoms with Crippen LogP contribution in [0, 0.1) is 0 Å². The summed E-state index contributed by atoms with van der Waals surface area (Å²) in [5.74, 6) is -3.06. The van der Waals surface area contributed by atoms with Crippen molar-refractivity contribution >= 4 is 58.5 Å². The van der Waals surface area contributed by atoms with Crippen molar-refractivity contribution in [2.75, 3.05) is 20.0 Å². The summed E-state index contributed by atoms with van der Waals surface area (Å²) in [6.07, 6.45) is 9.50. The summed E-state index contributed by atoms with van der Waals surface area (Å²) >= 11 is 0. The molecule has 3 aliphatic carbocycles. The van der Waals surface area contributed by atoms with E-state index >= 15 is 0 Å². The van der Waals surface area contributed by atoms with Gasteiger partial charge in [0.2, 0.25) is 34.7 Å². The van der Waals surface area contributed by atoms with Crippen LogP contribution in [0.15, 0.2) is 110 Å². The van der Waals surface area contributed by atoms with E-state index in [1.54, 1.807) is 110 Å². The first kappa shape index (κ1) is 43.9. The number of nitrogens with zero attached hydrogens (tertiary/aromatic N) is 6. The van der Waals surface area contributed by atoms with E-state index in [-0.39, 0.29) is 33.0 Å². The van der Waals surface area contributed by atoms with Gasteiger partial charge in [0.15, 0.2) is 0 Å². The fourth-order valence-electron chi connectivity index (χ4n) is 5.51. The van der Waals surface area contributed by atoms with Crippen LogP contribution in [0.4, 0.5) is 0 Å². The zero-order valence-electron chi connectivity index (χ0n) is 29.6. The molecule has 3 aliphatic rings. The number of pyridine rings is 6. The molecule has 0 N–H and O–H groups in total. The van der Waals surface area contributed by atoms with Gasteiger partial charge in [0.05, 0.1) is 33.4 Å². The van der Waals surface area contributed by atoms with Crippen LogP contribution in [0.3, 0.4) is 0 Å². The fraction of sp³-hybridized carbons (Fsp3) is 0.0769. The summed E-state index contributed by atoms with van der Waals surface area (Å²) < 4.78 is 0. The first-order valence-corrected chi connectivity index (χ1v) is 22.7. The number of carbonyl (C=O) groups is 6. The van der Waals surface area contributed by atoms with Gasteiger partial charge in [-0.05, 0) is 92.8 Å². The van der Waals surface area contributed by atoms with E-state index in [1.165, 1.54) is 16.5 Å². The van der Waals surface area contributed by atoms with Crippen LogP contribution in [0.1, 0.15) is 62.1 Å². The number of rotatable bonds is 2. The molecule has 0 bridgehead atoms. The van der Waals surface area contributed by atoms with Crippen LogP contribution in [-0.4, -0.2) is 84.6 Å². The Morgan fingerprint density at radius 1 is 0.375 bits per heavy atom. The number of aromatic nitrogens is 6. The van der Waals surface area contributed by atoms with Gasteiger partial charge in [0.1, 0.15) is 34.2 Å². The van der Waals surface area contributed by atoms with Crippen molar-refractivity contribution in [3.8, 4) is 34.2 Å². The summed E-state index contributed by atoms with van der Waals surface area (Å²) in [6.45, 7) is 6.95. The summed E-state index contributed by atoms with van der Waals surface area (Å²) in [4.78, 5) is 95.2. The molecule has 6 heterocycles. The Bertz CT molecular complexity index is 2070. The molecule has 0 aliphatic heterocycles. The summed E-state index contributed by atoms with van der Waals surface area (Å²) in [5, 5.41) is 0. The van der Waals surface area contributed by atoms with Gasteiger partial charge in [-0.2, -0.15) is 0 Å². The molecule has 2 unspecified atom stereocenters. The van der Waals surface area contributed by atoms with Crippen LogP contribution >= 0.6 is 23.8 Å². The summed E-state index contributed by atoms with van der Waals surface area (Å²) in [6, 6.07) is 19.4. The van der Waals surface area contributed by atoms with E-state index in [0.717, 1.165) is 0 Å². The van der Waals surface area contributed by atoms with Gasteiger partial charge in [-0.1, -0.05) is 23.8 Å². The maximum Gasteiger partial charge on any atom is 2.00 e. The smallest absolute Gasteiger partial charge is 0.285 e. The number of ketones is 6. The number of carbonyl (C=O) groups excluding carboxylic acids is 6. The van der Waals surface area contributed by atoms with Crippen LogP contribution in [-0.2, 0) is 33.0 Å². The Labute approximate surface area is 346 Å². The van der Waals surface area contributed by atoms with Crippen LogP contribution in [0.2, 0.25) is 0 Å². The number of hydrogen-bond donors (Lipinski definition) is 0. The van der Waals surface area contributed by atoms with Crippen molar-refractivity contribution in [2.24, 2.45) is 0 Å². The molecule has 6 aromatic heterocycles. The minimum absolute atomic E-state index is 0. The average molecular weight is 888 g/mol. The minimum atomic E-state index is -0.511. The quantitative estimate of drug-likeness (QED) is 0.0979. The second-order valence-electron chi connectivity index (χ2n) is 11.4. The van der Waals surface area contributed by atoms with Crippen molar-refractivity contribution in [1.82, 2.24) is 29.9 Å². The number of hydrogen-bond acceptors (Lipinski definition) is 12. The molecule has 0 aromatic carbocycles. The van der Waals surface area contributed by atoms with Crippen LogP contribution in [0.5, 0.6) is 0 Å². The van der Waals surface area contributed by atoms with E-state index in [0.29, 0.717) is 74.8 Å². The molecule has 56 heavy (non-hydrogen) atoms. The maximum atomic E-state index is 11.8. The molecule has 2 atom stereocenters. The predicted octanol–water partition coefficient (Wildman–Crippen LogP) is 7.11. The van der Waals surface area contributed by atoms with E-state index in [1.807, 2.05) is 0 Å². The topological polar surface area (TPSA) is 180 Å². The molecule has 284 valence electrons.